The van der Waals surface area contributed by atoms with Gasteiger partial charge in [-0.15, -0.1) is 11.3 Å². The number of hydrogen-bond acceptors (Lipinski definition) is 3. The molecule has 0 bridgehead atoms. The van der Waals surface area contributed by atoms with Crippen molar-refractivity contribution in [3.63, 3.8) is 0 Å². The maximum absolute atomic E-state index is 13.8. The van der Waals surface area contributed by atoms with Crippen molar-refractivity contribution in [1.82, 2.24) is 14.1 Å². The summed E-state index contributed by atoms with van der Waals surface area (Å²) in [4.78, 5) is 17.1. The van der Waals surface area contributed by atoms with Gasteiger partial charge in [-0.25, -0.2) is 9.37 Å². The topological polar surface area (TPSA) is 39.8 Å². The van der Waals surface area contributed by atoms with Gasteiger partial charge in [-0.3, -0.25) is 9.36 Å². The summed E-state index contributed by atoms with van der Waals surface area (Å²) in [6, 6.07) is 8.44. The van der Waals surface area contributed by atoms with Crippen molar-refractivity contribution >= 4 is 32.6 Å². The van der Waals surface area contributed by atoms with Gasteiger partial charge < -0.3 is 4.57 Å². The molecule has 0 radical (unpaired) electrons. The molecule has 4 nitrogen and oxygen atoms in total. The summed E-state index contributed by atoms with van der Waals surface area (Å²) in [5, 5.41) is 1.98. The molecule has 6 heteroatoms. The van der Waals surface area contributed by atoms with Crippen molar-refractivity contribution in [3.05, 3.63) is 63.8 Å². The Hall–Kier alpha value is -2.47. The van der Waals surface area contributed by atoms with Crippen LogP contribution >= 0.6 is 11.3 Å². The van der Waals surface area contributed by atoms with Crippen molar-refractivity contribution < 1.29 is 4.39 Å². The number of thiophene rings is 1. The maximum Gasteiger partial charge on any atom is 0.278 e. The van der Waals surface area contributed by atoms with E-state index in [4.69, 9.17) is 0 Å². The van der Waals surface area contributed by atoms with E-state index in [0.717, 1.165) is 10.2 Å². The maximum atomic E-state index is 13.8. The van der Waals surface area contributed by atoms with Crippen molar-refractivity contribution in [3.8, 4) is 0 Å². The third-order valence-corrected chi connectivity index (χ3v) is 4.78. The van der Waals surface area contributed by atoms with E-state index >= 15 is 0 Å². The quantitative estimate of drug-likeness (QED) is 0.570. The highest BCUT2D eigenvalue weighted by Crippen LogP contribution is 2.28. The van der Waals surface area contributed by atoms with E-state index < -0.39 is 0 Å². The highest BCUT2D eigenvalue weighted by Gasteiger charge is 2.15. The molecule has 0 spiro atoms. The van der Waals surface area contributed by atoms with Crippen molar-refractivity contribution in [1.29, 1.82) is 0 Å². The minimum absolute atomic E-state index is 0.154. The van der Waals surface area contributed by atoms with Crippen molar-refractivity contribution in [2.24, 2.45) is 7.05 Å². The number of nitrogens with zero attached hydrogens (tertiary/aromatic N) is 3. The molecule has 110 valence electrons. The van der Waals surface area contributed by atoms with Gasteiger partial charge in [-0.2, -0.15) is 0 Å². The first-order chi connectivity index (χ1) is 10.7. The second-order valence-electron chi connectivity index (χ2n) is 5.16. The zero-order valence-electron chi connectivity index (χ0n) is 11.8. The number of rotatable bonds is 2. The molecule has 0 fully saturated rings. The van der Waals surface area contributed by atoms with Gasteiger partial charge in [0.2, 0.25) is 0 Å². The predicted molar refractivity (Wildman–Crippen MR) is 85.9 cm³/mol. The average molecular weight is 313 g/mol. The van der Waals surface area contributed by atoms with Gasteiger partial charge in [0.25, 0.3) is 5.56 Å². The third-order valence-electron chi connectivity index (χ3n) is 3.87. The van der Waals surface area contributed by atoms with Gasteiger partial charge in [-0.1, -0.05) is 18.2 Å². The number of aromatic nitrogens is 3. The van der Waals surface area contributed by atoms with Crippen molar-refractivity contribution in [2.75, 3.05) is 0 Å². The largest absolute Gasteiger partial charge is 0.337 e. The molecular weight excluding hydrogens is 301 g/mol. The van der Waals surface area contributed by atoms with Crippen LogP contribution in [0.4, 0.5) is 4.39 Å². The summed E-state index contributed by atoms with van der Waals surface area (Å²) >= 11 is 1.57. The Morgan fingerprint density at radius 1 is 1.27 bits per heavy atom. The van der Waals surface area contributed by atoms with E-state index in [1.165, 1.54) is 17.0 Å². The van der Waals surface area contributed by atoms with Crippen LogP contribution in [-0.2, 0) is 13.6 Å². The fourth-order valence-corrected chi connectivity index (χ4v) is 3.65. The van der Waals surface area contributed by atoms with Gasteiger partial charge in [-0.05, 0) is 17.5 Å². The van der Waals surface area contributed by atoms with Crippen LogP contribution in [0.25, 0.3) is 21.3 Å². The first-order valence-electron chi connectivity index (χ1n) is 6.81. The molecule has 0 saturated heterocycles. The standard InChI is InChI=1S/C16H12FN3OS/c1-19-12-6-7-22-15(12)13-14(19)16(21)20(9-18-13)8-10-4-2-3-5-11(10)17/h2-7,9H,8H2,1H3. The molecule has 4 rings (SSSR count). The normalized spacial score (nSPS) is 11.5. The van der Waals surface area contributed by atoms with Crippen LogP contribution in [0.1, 0.15) is 5.56 Å². The smallest absolute Gasteiger partial charge is 0.278 e. The number of benzene rings is 1. The van der Waals surface area contributed by atoms with Crippen LogP contribution in [0.5, 0.6) is 0 Å². The van der Waals surface area contributed by atoms with Gasteiger partial charge in [0.05, 0.1) is 23.1 Å². The van der Waals surface area contributed by atoms with Crippen LogP contribution in [0.3, 0.4) is 0 Å². The summed E-state index contributed by atoms with van der Waals surface area (Å²) < 4.78 is 18.1. The van der Waals surface area contributed by atoms with Crippen LogP contribution in [-0.4, -0.2) is 14.1 Å². The van der Waals surface area contributed by atoms with Gasteiger partial charge in [0, 0.05) is 12.6 Å². The van der Waals surface area contributed by atoms with Crippen LogP contribution < -0.4 is 5.56 Å². The molecule has 0 saturated carbocycles. The molecule has 0 amide bonds. The van der Waals surface area contributed by atoms with E-state index in [-0.39, 0.29) is 17.9 Å². The first-order valence-corrected chi connectivity index (χ1v) is 7.69. The number of halogens is 1. The zero-order chi connectivity index (χ0) is 15.3. The number of aryl methyl sites for hydroxylation is 1. The summed E-state index contributed by atoms with van der Waals surface area (Å²) in [6.45, 7) is 0.174. The Morgan fingerprint density at radius 3 is 2.91 bits per heavy atom. The summed E-state index contributed by atoms with van der Waals surface area (Å²) in [7, 11) is 1.86. The lowest BCUT2D eigenvalue weighted by molar-refractivity contribution is 0.595. The van der Waals surface area contributed by atoms with Crippen LogP contribution in [0.2, 0.25) is 0 Å². The number of fused-ring (bicyclic) bond motifs is 3. The highest BCUT2D eigenvalue weighted by molar-refractivity contribution is 7.18. The fraction of sp³-hybridized carbons (Fsp3) is 0.125. The summed E-state index contributed by atoms with van der Waals surface area (Å²) in [6.07, 6.45) is 1.50. The van der Waals surface area contributed by atoms with E-state index in [1.54, 1.807) is 29.5 Å². The minimum atomic E-state index is -0.317. The second-order valence-corrected chi connectivity index (χ2v) is 6.08. The average Bonchev–Trinajstić information content (AvgIpc) is 3.08. The van der Waals surface area contributed by atoms with Crippen LogP contribution in [0.15, 0.2) is 46.8 Å². The molecule has 3 heterocycles. The Kier molecular flexibility index (Phi) is 2.87. The Bertz CT molecular complexity index is 1060. The molecule has 0 N–H and O–H groups in total. The number of hydrogen-bond donors (Lipinski definition) is 0. The Balaban J connectivity index is 1.93. The monoisotopic (exact) mass is 313 g/mol. The lowest BCUT2D eigenvalue weighted by Crippen LogP contribution is -2.22. The molecule has 0 unspecified atom stereocenters. The first kappa shape index (κ1) is 13.2. The van der Waals surface area contributed by atoms with Crippen molar-refractivity contribution in [2.45, 2.75) is 6.54 Å². The molecule has 1 aromatic carbocycles. The molecule has 0 aliphatic heterocycles. The molecule has 4 aromatic rings. The summed E-state index contributed by atoms with van der Waals surface area (Å²) in [5.74, 6) is -0.317. The molecule has 22 heavy (non-hydrogen) atoms. The van der Waals surface area contributed by atoms with E-state index in [9.17, 15) is 9.18 Å². The molecule has 0 aliphatic carbocycles. The minimum Gasteiger partial charge on any atom is -0.337 e. The molecular formula is C16H12FN3OS. The van der Waals surface area contributed by atoms with E-state index in [2.05, 4.69) is 4.98 Å². The lowest BCUT2D eigenvalue weighted by atomic mass is 10.2. The van der Waals surface area contributed by atoms with Gasteiger partial charge >= 0.3 is 0 Å². The van der Waals surface area contributed by atoms with Crippen LogP contribution in [0, 0.1) is 5.82 Å². The zero-order valence-corrected chi connectivity index (χ0v) is 12.6. The lowest BCUT2D eigenvalue weighted by Gasteiger charge is -2.07. The van der Waals surface area contributed by atoms with Gasteiger partial charge in [0.15, 0.2) is 0 Å². The predicted octanol–water partition coefficient (Wildman–Crippen LogP) is 3.14. The van der Waals surface area contributed by atoms with E-state index in [0.29, 0.717) is 16.6 Å². The third kappa shape index (κ3) is 1.80. The molecule has 3 aromatic heterocycles. The highest BCUT2D eigenvalue weighted by atomic mass is 32.1. The molecule has 0 aliphatic rings. The second kappa shape index (κ2) is 4.78. The Labute approximate surface area is 129 Å². The fourth-order valence-electron chi connectivity index (χ4n) is 2.73. The SMILES string of the molecule is Cn1c2ccsc2c2ncn(Cc3ccccc3F)c(=O)c21. The Morgan fingerprint density at radius 2 is 2.09 bits per heavy atom. The summed E-state index contributed by atoms with van der Waals surface area (Å²) in [5.41, 5.74) is 2.58. The van der Waals surface area contributed by atoms with E-state index in [1.807, 2.05) is 23.1 Å². The molecule has 0 atom stereocenters. The van der Waals surface area contributed by atoms with Gasteiger partial charge in [0.1, 0.15) is 16.9 Å².